The number of carbonyl (C=O) groups excluding carboxylic acids is 2. The lowest BCUT2D eigenvalue weighted by Gasteiger charge is -2.22. The molecule has 21 heavy (non-hydrogen) atoms. The van der Waals surface area contributed by atoms with Gasteiger partial charge in [-0.3, -0.25) is 9.59 Å². The van der Waals surface area contributed by atoms with Crippen LogP contribution in [0.2, 0.25) is 0 Å². The first-order chi connectivity index (χ1) is 10.2. The topological polar surface area (TPSA) is 64.4 Å². The van der Waals surface area contributed by atoms with Crippen molar-refractivity contribution in [3.63, 3.8) is 0 Å². The first-order valence-electron chi connectivity index (χ1n) is 7.48. The van der Waals surface area contributed by atoms with Crippen LogP contribution >= 0.6 is 0 Å². The number of hydrogen-bond donors (Lipinski definition) is 0. The van der Waals surface area contributed by atoms with Crippen molar-refractivity contribution in [2.75, 3.05) is 20.2 Å². The van der Waals surface area contributed by atoms with E-state index in [1.54, 1.807) is 17.4 Å². The Balaban J connectivity index is 1.92. The van der Waals surface area contributed by atoms with Gasteiger partial charge in [-0.25, -0.2) is 4.98 Å². The minimum absolute atomic E-state index is 0.105. The SMILES string of the molecule is CCCC(CC(=O)N1CCC(C(=O)OC)C1)n1ccnc1. The number of nitrogens with zero attached hydrogens (tertiary/aromatic N) is 3. The van der Waals surface area contributed by atoms with Gasteiger partial charge in [0.2, 0.25) is 5.91 Å². The molecule has 1 aromatic heterocycles. The van der Waals surface area contributed by atoms with Crippen LogP contribution in [0.25, 0.3) is 0 Å². The highest BCUT2D eigenvalue weighted by molar-refractivity contribution is 5.79. The second-order valence-electron chi connectivity index (χ2n) is 5.51. The number of hydrogen-bond acceptors (Lipinski definition) is 4. The zero-order chi connectivity index (χ0) is 15.2. The highest BCUT2D eigenvalue weighted by atomic mass is 16.5. The molecule has 1 saturated heterocycles. The largest absolute Gasteiger partial charge is 0.469 e. The zero-order valence-electron chi connectivity index (χ0n) is 12.7. The molecule has 6 heteroatoms. The van der Waals surface area contributed by atoms with Crippen molar-refractivity contribution < 1.29 is 14.3 Å². The van der Waals surface area contributed by atoms with E-state index in [1.807, 2.05) is 10.8 Å². The van der Waals surface area contributed by atoms with Gasteiger partial charge in [-0.05, 0) is 12.8 Å². The number of aromatic nitrogens is 2. The molecule has 0 bridgehead atoms. The molecule has 6 nitrogen and oxygen atoms in total. The molecule has 2 atom stereocenters. The first kappa shape index (κ1) is 15.5. The Hall–Kier alpha value is -1.85. The maximum Gasteiger partial charge on any atom is 0.310 e. The van der Waals surface area contributed by atoms with Crippen molar-refractivity contribution in [3.05, 3.63) is 18.7 Å². The molecule has 1 aromatic rings. The number of methoxy groups -OCH3 is 1. The van der Waals surface area contributed by atoms with Gasteiger partial charge in [0.1, 0.15) is 0 Å². The molecule has 2 rings (SSSR count). The van der Waals surface area contributed by atoms with Gasteiger partial charge >= 0.3 is 5.97 Å². The van der Waals surface area contributed by atoms with Crippen LogP contribution in [0, 0.1) is 5.92 Å². The van der Waals surface area contributed by atoms with Crippen LogP contribution in [0.1, 0.15) is 38.6 Å². The number of esters is 1. The van der Waals surface area contributed by atoms with Crippen molar-refractivity contribution in [3.8, 4) is 0 Å². The van der Waals surface area contributed by atoms with E-state index >= 15 is 0 Å². The summed E-state index contributed by atoms with van der Waals surface area (Å²) in [4.78, 5) is 29.8. The molecule has 0 saturated carbocycles. The highest BCUT2D eigenvalue weighted by Crippen LogP contribution is 2.23. The standard InChI is InChI=1S/C15H23N3O3/c1-3-4-13(18-8-6-16-11-18)9-14(19)17-7-5-12(10-17)15(20)21-2/h6,8,11-13H,3-5,7,9-10H2,1-2H3. The molecule has 1 fully saturated rings. The van der Waals surface area contributed by atoms with Crippen LogP contribution in [-0.4, -0.2) is 46.5 Å². The van der Waals surface area contributed by atoms with Gasteiger partial charge < -0.3 is 14.2 Å². The molecule has 0 aliphatic carbocycles. The number of ether oxygens (including phenoxy) is 1. The minimum Gasteiger partial charge on any atom is -0.469 e. The summed E-state index contributed by atoms with van der Waals surface area (Å²) in [6, 6.07) is 0.141. The number of imidazole rings is 1. The maximum atomic E-state index is 12.4. The predicted octanol–water partition coefficient (Wildman–Crippen LogP) is 1.64. The van der Waals surface area contributed by atoms with Crippen LogP contribution in [-0.2, 0) is 14.3 Å². The van der Waals surface area contributed by atoms with E-state index in [0.717, 1.165) is 12.8 Å². The van der Waals surface area contributed by atoms with Gasteiger partial charge in [0.25, 0.3) is 0 Å². The number of rotatable bonds is 6. The van der Waals surface area contributed by atoms with Gasteiger partial charge in [-0.1, -0.05) is 13.3 Å². The molecule has 0 aromatic carbocycles. The van der Waals surface area contributed by atoms with Crippen LogP contribution in [0.3, 0.4) is 0 Å². The summed E-state index contributed by atoms with van der Waals surface area (Å²) >= 11 is 0. The molecule has 0 radical (unpaired) electrons. The maximum absolute atomic E-state index is 12.4. The summed E-state index contributed by atoms with van der Waals surface area (Å²) in [6.07, 6.45) is 8.50. The molecule has 2 unspecified atom stereocenters. The molecular formula is C15H23N3O3. The van der Waals surface area contributed by atoms with Crippen molar-refractivity contribution in [1.82, 2.24) is 14.5 Å². The quantitative estimate of drug-likeness (QED) is 0.748. The lowest BCUT2D eigenvalue weighted by molar-refractivity contribution is -0.145. The van der Waals surface area contributed by atoms with E-state index in [2.05, 4.69) is 11.9 Å². The molecule has 116 valence electrons. The lowest BCUT2D eigenvalue weighted by Crippen LogP contribution is -2.32. The number of amides is 1. The summed E-state index contributed by atoms with van der Waals surface area (Å²) in [5.41, 5.74) is 0. The average Bonchev–Trinajstić information content (AvgIpc) is 3.17. The van der Waals surface area contributed by atoms with Gasteiger partial charge in [0.15, 0.2) is 0 Å². The summed E-state index contributed by atoms with van der Waals surface area (Å²) in [6.45, 7) is 3.23. The fraction of sp³-hybridized carbons (Fsp3) is 0.667. The summed E-state index contributed by atoms with van der Waals surface area (Å²) < 4.78 is 6.75. The van der Waals surface area contributed by atoms with E-state index < -0.39 is 0 Å². The van der Waals surface area contributed by atoms with Crippen molar-refractivity contribution >= 4 is 11.9 Å². The van der Waals surface area contributed by atoms with E-state index in [1.165, 1.54) is 7.11 Å². The van der Waals surface area contributed by atoms with Crippen molar-refractivity contribution in [1.29, 1.82) is 0 Å². The van der Waals surface area contributed by atoms with Crippen LogP contribution in [0.5, 0.6) is 0 Å². The van der Waals surface area contributed by atoms with E-state index in [0.29, 0.717) is 25.9 Å². The van der Waals surface area contributed by atoms with Gasteiger partial charge in [-0.2, -0.15) is 0 Å². The van der Waals surface area contributed by atoms with Crippen LogP contribution in [0.4, 0.5) is 0 Å². The Labute approximate surface area is 125 Å². The third-order valence-corrected chi connectivity index (χ3v) is 4.05. The fourth-order valence-electron chi connectivity index (χ4n) is 2.85. The molecule has 1 aliphatic heterocycles. The molecular weight excluding hydrogens is 270 g/mol. The third kappa shape index (κ3) is 3.83. The molecule has 1 amide bonds. The van der Waals surface area contributed by atoms with E-state index in [9.17, 15) is 9.59 Å². The Morgan fingerprint density at radius 3 is 2.90 bits per heavy atom. The highest BCUT2D eigenvalue weighted by Gasteiger charge is 2.32. The minimum atomic E-state index is -0.218. The first-order valence-corrected chi connectivity index (χ1v) is 7.48. The van der Waals surface area contributed by atoms with Crippen molar-refractivity contribution in [2.45, 2.75) is 38.6 Å². The zero-order valence-corrected chi connectivity index (χ0v) is 12.7. The third-order valence-electron chi connectivity index (χ3n) is 4.05. The Morgan fingerprint density at radius 2 is 2.29 bits per heavy atom. The second kappa shape index (κ2) is 7.24. The van der Waals surface area contributed by atoms with Crippen molar-refractivity contribution in [2.24, 2.45) is 5.92 Å². The Kier molecular flexibility index (Phi) is 5.36. The van der Waals surface area contributed by atoms with E-state index in [-0.39, 0.29) is 23.8 Å². The van der Waals surface area contributed by atoms with Crippen LogP contribution < -0.4 is 0 Å². The van der Waals surface area contributed by atoms with Crippen LogP contribution in [0.15, 0.2) is 18.7 Å². The normalized spacial score (nSPS) is 19.5. The Morgan fingerprint density at radius 1 is 1.48 bits per heavy atom. The Bertz CT molecular complexity index is 473. The number of carbonyl (C=O) groups is 2. The predicted molar refractivity (Wildman–Crippen MR) is 77.5 cm³/mol. The summed E-state index contributed by atoms with van der Waals surface area (Å²) in [5.74, 6) is -0.282. The lowest BCUT2D eigenvalue weighted by atomic mass is 10.1. The van der Waals surface area contributed by atoms with E-state index in [4.69, 9.17) is 4.74 Å². The molecule has 2 heterocycles. The average molecular weight is 293 g/mol. The van der Waals surface area contributed by atoms with Gasteiger partial charge in [0, 0.05) is 37.9 Å². The number of likely N-dealkylation sites (tertiary alicyclic amines) is 1. The smallest absolute Gasteiger partial charge is 0.310 e. The van der Waals surface area contributed by atoms with Gasteiger partial charge in [-0.15, -0.1) is 0 Å². The van der Waals surface area contributed by atoms with Gasteiger partial charge in [0.05, 0.1) is 19.4 Å². The fourth-order valence-corrected chi connectivity index (χ4v) is 2.85. The second-order valence-corrected chi connectivity index (χ2v) is 5.51. The molecule has 0 N–H and O–H groups in total. The summed E-state index contributed by atoms with van der Waals surface area (Å²) in [5, 5.41) is 0. The monoisotopic (exact) mass is 293 g/mol. The summed E-state index contributed by atoms with van der Waals surface area (Å²) in [7, 11) is 1.39. The molecule has 0 spiro atoms. The molecule has 1 aliphatic rings.